The van der Waals surface area contributed by atoms with Crippen LogP contribution in [0.1, 0.15) is 65.9 Å². The Morgan fingerprint density at radius 1 is 1.05 bits per heavy atom. The first-order chi connectivity index (χ1) is 19.6. The van der Waals surface area contributed by atoms with Crippen LogP contribution in [0.3, 0.4) is 0 Å². The standard InChI is InChI=1S/C29H36N6O6/c1-17(2)15-22(34-25(36)19-11-7-12-20(16-19)40-3)27-35-23(24(41-27)18-9-5-4-6-10-18)26(37)33-21(28(38)39)13-8-14-32-29(30)31/h4-7,9-12,16-17,21-22H,8,13-15H2,1-3H3,(H,33,37)(H,34,36)(H,38,39)(H4,30,31,32). The average Bonchev–Trinajstić information content (AvgIpc) is 3.40. The van der Waals surface area contributed by atoms with Gasteiger partial charge in [-0.3, -0.25) is 14.6 Å². The normalized spacial score (nSPS) is 12.3. The van der Waals surface area contributed by atoms with Gasteiger partial charge in [0.05, 0.1) is 7.11 Å². The predicted molar refractivity (Wildman–Crippen MR) is 153 cm³/mol. The number of nitrogens with zero attached hydrogens (tertiary/aromatic N) is 2. The maximum Gasteiger partial charge on any atom is 0.326 e. The summed E-state index contributed by atoms with van der Waals surface area (Å²) in [5.74, 6) is -1.45. The topological polar surface area (TPSA) is 195 Å². The number of carboxylic acid groups (broad SMARTS) is 1. The van der Waals surface area contributed by atoms with Gasteiger partial charge in [0.15, 0.2) is 17.4 Å². The summed E-state index contributed by atoms with van der Waals surface area (Å²) in [5, 5.41) is 15.2. The van der Waals surface area contributed by atoms with Crippen molar-refractivity contribution in [1.29, 1.82) is 0 Å². The van der Waals surface area contributed by atoms with Crippen LogP contribution in [0.4, 0.5) is 0 Å². The number of nitrogens with one attached hydrogen (secondary N) is 2. The third kappa shape index (κ3) is 8.82. The van der Waals surface area contributed by atoms with Crippen molar-refractivity contribution in [3.05, 3.63) is 71.7 Å². The summed E-state index contributed by atoms with van der Waals surface area (Å²) in [4.78, 5) is 46.8. The number of hydrogen-bond acceptors (Lipinski definition) is 7. The first kappa shape index (κ1) is 30.7. The Balaban J connectivity index is 1.94. The van der Waals surface area contributed by atoms with Crippen molar-refractivity contribution in [3.8, 4) is 17.1 Å². The molecule has 0 radical (unpaired) electrons. The van der Waals surface area contributed by atoms with Crippen molar-refractivity contribution >= 4 is 23.7 Å². The van der Waals surface area contributed by atoms with Crippen LogP contribution in [0.2, 0.25) is 0 Å². The molecule has 1 aromatic heterocycles. The number of carbonyl (C=O) groups excluding carboxylic acids is 2. The molecule has 12 heteroatoms. The number of benzene rings is 2. The van der Waals surface area contributed by atoms with Crippen LogP contribution in [0.25, 0.3) is 11.3 Å². The molecule has 218 valence electrons. The van der Waals surface area contributed by atoms with Gasteiger partial charge >= 0.3 is 5.97 Å². The molecule has 2 unspecified atom stereocenters. The molecule has 1 heterocycles. The Bertz CT molecular complexity index is 1370. The van der Waals surface area contributed by atoms with Gasteiger partial charge in [0.25, 0.3) is 11.8 Å². The van der Waals surface area contributed by atoms with Gasteiger partial charge in [-0.25, -0.2) is 9.78 Å². The number of ether oxygens (including phenoxy) is 1. The second kappa shape index (κ2) is 14.5. The zero-order valence-corrected chi connectivity index (χ0v) is 23.3. The predicted octanol–water partition coefficient (Wildman–Crippen LogP) is 3.10. The van der Waals surface area contributed by atoms with Crippen LogP contribution in [0.5, 0.6) is 5.75 Å². The molecule has 41 heavy (non-hydrogen) atoms. The molecule has 0 aliphatic heterocycles. The number of oxazole rings is 1. The molecule has 2 atom stereocenters. The third-order valence-electron chi connectivity index (χ3n) is 6.09. The minimum absolute atomic E-state index is 0.0916. The van der Waals surface area contributed by atoms with E-state index >= 15 is 0 Å². The molecule has 0 saturated carbocycles. The van der Waals surface area contributed by atoms with E-state index in [4.69, 9.17) is 20.6 Å². The van der Waals surface area contributed by atoms with Gasteiger partial charge < -0.3 is 36.4 Å². The Morgan fingerprint density at radius 2 is 1.78 bits per heavy atom. The van der Waals surface area contributed by atoms with E-state index in [0.717, 1.165) is 0 Å². The first-order valence-corrected chi connectivity index (χ1v) is 13.2. The second-order valence-corrected chi connectivity index (χ2v) is 9.80. The number of aromatic nitrogens is 1. The van der Waals surface area contributed by atoms with Gasteiger partial charge in [-0.15, -0.1) is 0 Å². The van der Waals surface area contributed by atoms with Gasteiger partial charge in [-0.2, -0.15) is 0 Å². The molecular weight excluding hydrogens is 528 g/mol. The Kier molecular flexibility index (Phi) is 10.8. The fraction of sp³-hybridized carbons (Fsp3) is 0.345. The van der Waals surface area contributed by atoms with E-state index in [1.165, 1.54) is 7.11 Å². The monoisotopic (exact) mass is 564 g/mol. The highest BCUT2D eigenvalue weighted by Gasteiger charge is 2.30. The van der Waals surface area contributed by atoms with E-state index in [1.807, 2.05) is 19.9 Å². The second-order valence-electron chi connectivity index (χ2n) is 9.80. The van der Waals surface area contributed by atoms with Crippen molar-refractivity contribution in [2.75, 3.05) is 13.7 Å². The molecule has 12 nitrogen and oxygen atoms in total. The number of hydrogen-bond donors (Lipinski definition) is 5. The first-order valence-electron chi connectivity index (χ1n) is 13.2. The Morgan fingerprint density at radius 3 is 2.41 bits per heavy atom. The molecule has 3 aromatic rings. The summed E-state index contributed by atoms with van der Waals surface area (Å²) in [5.41, 5.74) is 11.5. The van der Waals surface area contributed by atoms with Crippen molar-refractivity contribution in [3.63, 3.8) is 0 Å². The highest BCUT2D eigenvalue weighted by molar-refractivity contribution is 5.99. The van der Waals surface area contributed by atoms with Gasteiger partial charge in [0.1, 0.15) is 17.8 Å². The molecule has 3 rings (SSSR count). The minimum Gasteiger partial charge on any atom is -0.497 e. The summed E-state index contributed by atoms with van der Waals surface area (Å²) >= 11 is 0. The number of methoxy groups -OCH3 is 1. The molecule has 0 saturated heterocycles. The van der Waals surface area contributed by atoms with E-state index in [9.17, 15) is 19.5 Å². The average molecular weight is 565 g/mol. The van der Waals surface area contributed by atoms with Crippen LogP contribution in [-0.4, -0.2) is 53.5 Å². The maximum absolute atomic E-state index is 13.4. The molecule has 0 fully saturated rings. The van der Waals surface area contributed by atoms with Gasteiger partial charge in [0.2, 0.25) is 5.89 Å². The minimum atomic E-state index is -1.21. The fourth-order valence-electron chi connectivity index (χ4n) is 4.11. The number of guanidine groups is 1. The lowest BCUT2D eigenvalue weighted by Crippen LogP contribution is -2.41. The lowest BCUT2D eigenvalue weighted by Gasteiger charge is -2.18. The van der Waals surface area contributed by atoms with E-state index in [0.29, 0.717) is 29.7 Å². The Hall–Kier alpha value is -4.87. The number of carboxylic acids is 1. The quantitative estimate of drug-likeness (QED) is 0.111. The van der Waals surface area contributed by atoms with E-state index in [-0.39, 0.29) is 48.1 Å². The van der Waals surface area contributed by atoms with Crippen LogP contribution < -0.4 is 26.8 Å². The number of rotatable bonds is 14. The number of aliphatic imine (C=N–C) groups is 1. The zero-order valence-electron chi connectivity index (χ0n) is 23.3. The fourth-order valence-corrected chi connectivity index (χ4v) is 4.11. The smallest absolute Gasteiger partial charge is 0.326 e. The number of amides is 2. The van der Waals surface area contributed by atoms with Gasteiger partial charge in [-0.1, -0.05) is 50.2 Å². The lowest BCUT2D eigenvalue weighted by atomic mass is 10.0. The van der Waals surface area contributed by atoms with Crippen molar-refractivity contribution < 1.29 is 28.6 Å². The summed E-state index contributed by atoms with van der Waals surface area (Å²) in [7, 11) is 1.52. The number of nitrogens with two attached hydrogens (primary N) is 2. The molecule has 0 spiro atoms. The summed E-state index contributed by atoms with van der Waals surface area (Å²) in [6.45, 7) is 4.19. The molecule has 0 bridgehead atoms. The van der Waals surface area contributed by atoms with Crippen molar-refractivity contribution in [2.45, 2.75) is 45.2 Å². The van der Waals surface area contributed by atoms with E-state index in [1.54, 1.807) is 48.5 Å². The third-order valence-corrected chi connectivity index (χ3v) is 6.09. The van der Waals surface area contributed by atoms with Gasteiger partial charge in [0, 0.05) is 17.7 Å². The molecule has 7 N–H and O–H groups in total. The van der Waals surface area contributed by atoms with Crippen LogP contribution in [-0.2, 0) is 4.79 Å². The van der Waals surface area contributed by atoms with Crippen LogP contribution in [0.15, 0.2) is 64.0 Å². The van der Waals surface area contributed by atoms with E-state index < -0.39 is 24.0 Å². The molecule has 0 aliphatic carbocycles. The van der Waals surface area contributed by atoms with Gasteiger partial charge in [-0.05, 0) is 43.4 Å². The molecule has 2 aromatic carbocycles. The highest BCUT2D eigenvalue weighted by Crippen LogP contribution is 2.30. The molecule has 0 aliphatic rings. The summed E-state index contributed by atoms with van der Waals surface area (Å²) < 4.78 is 11.4. The van der Waals surface area contributed by atoms with Crippen LogP contribution in [0, 0.1) is 5.92 Å². The highest BCUT2D eigenvalue weighted by atomic mass is 16.5. The summed E-state index contributed by atoms with van der Waals surface area (Å²) in [6.07, 6.45) is 0.890. The largest absolute Gasteiger partial charge is 0.497 e. The van der Waals surface area contributed by atoms with Crippen LogP contribution >= 0.6 is 0 Å². The summed E-state index contributed by atoms with van der Waals surface area (Å²) in [6, 6.07) is 13.7. The number of carbonyl (C=O) groups is 3. The number of aliphatic carboxylic acids is 1. The molecule has 2 amide bonds. The van der Waals surface area contributed by atoms with Crippen molar-refractivity contribution in [2.24, 2.45) is 22.4 Å². The zero-order chi connectivity index (χ0) is 29.9. The molecular formula is C29H36N6O6. The maximum atomic E-state index is 13.4. The lowest BCUT2D eigenvalue weighted by molar-refractivity contribution is -0.139. The van der Waals surface area contributed by atoms with E-state index in [2.05, 4.69) is 20.6 Å². The van der Waals surface area contributed by atoms with Crippen molar-refractivity contribution in [1.82, 2.24) is 15.6 Å². The SMILES string of the molecule is COc1cccc(C(=O)NC(CC(C)C)c2nc(C(=O)NC(CCCN=C(N)N)C(=O)O)c(-c3ccccc3)o2)c1. The Labute approximate surface area is 238 Å².